The third-order valence-electron chi connectivity index (χ3n) is 3.45. The summed E-state index contributed by atoms with van der Waals surface area (Å²) >= 11 is 6.04. The minimum Gasteiger partial charge on any atom is -0.335 e. The van der Waals surface area contributed by atoms with Gasteiger partial charge in [0, 0.05) is 31.3 Å². The third kappa shape index (κ3) is 2.49. The zero-order valence-electron chi connectivity index (χ0n) is 10.3. The number of hydrogen-bond donors (Lipinski definition) is 1. The summed E-state index contributed by atoms with van der Waals surface area (Å²) in [5.74, 6) is 0.957. The number of carbonyl (C=O) groups is 1. The van der Waals surface area contributed by atoms with Crippen molar-refractivity contribution in [3.8, 4) is 0 Å². The Morgan fingerprint density at radius 3 is 3.11 bits per heavy atom. The molecule has 98 valence electrons. The minimum absolute atomic E-state index is 0.0161. The molecule has 1 atom stereocenters. The van der Waals surface area contributed by atoms with Gasteiger partial charge in [-0.25, -0.2) is 4.98 Å². The molecule has 1 unspecified atom stereocenters. The van der Waals surface area contributed by atoms with Gasteiger partial charge >= 0.3 is 0 Å². The number of nitrogens with one attached hydrogen (secondary N) is 1. The molecule has 2 aromatic rings. The predicted octanol–water partition coefficient (Wildman–Crippen LogP) is 2.74. The summed E-state index contributed by atoms with van der Waals surface area (Å²) < 4.78 is 2.10. The van der Waals surface area contributed by atoms with E-state index in [1.165, 1.54) is 0 Å². The lowest BCUT2D eigenvalue weighted by Gasteiger charge is -2.22. The molecule has 0 bridgehead atoms. The molecule has 1 aromatic heterocycles. The first kappa shape index (κ1) is 12.2. The number of halogens is 1. The highest BCUT2D eigenvalue weighted by atomic mass is 35.5. The highest BCUT2D eigenvalue weighted by molar-refractivity contribution is 6.33. The number of hydrogen-bond acceptors (Lipinski definition) is 2. The van der Waals surface area contributed by atoms with E-state index in [4.69, 9.17) is 11.6 Å². The maximum absolute atomic E-state index is 12.2. The van der Waals surface area contributed by atoms with Gasteiger partial charge in [0.15, 0.2) is 0 Å². The number of amides is 1. The van der Waals surface area contributed by atoms with Crippen molar-refractivity contribution in [2.24, 2.45) is 5.92 Å². The Labute approximate surface area is 116 Å². The molecule has 2 heterocycles. The molecule has 1 aliphatic heterocycles. The molecule has 4 nitrogen and oxygen atoms in total. The highest BCUT2D eigenvalue weighted by Gasteiger charge is 2.25. The Balaban J connectivity index is 1.71. The van der Waals surface area contributed by atoms with Crippen molar-refractivity contribution in [3.05, 3.63) is 47.5 Å². The van der Waals surface area contributed by atoms with Crippen LogP contribution < -0.4 is 5.32 Å². The number of imidazole rings is 1. The van der Waals surface area contributed by atoms with Crippen LogP contribution in [0, 0.1) is 5.92 Å². The monoisotopic (exact) mass is 275 g/mol. The normalized spacial score (nSPS) is 17.8. The molecule has 1 aromatic carbocycles. The number of benzene rings is 1. The number of nitrogens with zero attached hydrogens (tertiary/aromatic N) is 2. The predicted molar refractivity (Wildman–Crippen MR) is 74.1 cm³/mol. The van der Waals surface area contributed by atoms with Gasteiger partial charge in [-0.1, -0.05) is 23.7 Å². The van der Waals surface area contributed by atoms with E-state index < -0.39 is 0 Å². The molecule has 19 heavy (non-hydrogen) atoms. The summed E-state index contributed by atoms with van der Waals surface area (Å²) in [6.07, 6.45) is 5.25. The van der Waals surface area contributed by atoms with Crippen LogP contribution in [0.1, 0.15) is 12.2 Å². The summed E-state index contributed by atoms with van der Waals surface area (Å²) in [5.41, 5.74) is 0.670. The SMILES string of the molecule is O=C(Nc1ccccc1Cl)C1CCn2ccnc2C1. The first-order valence-corrected chi connectivity index (χ1v) is 6.67. The third-order valence-corrected chi connectivity index (χ3v) is 3.78. The number of aryl methyl sites for hydroxylation is 1. The van der Waals surface area contributed by atoms with Gasteiger partial charge in [0.25, 0.3) is 0 Å². The molecule has 0 spiro atoms. The van der Waals surface area contributed by atoms with Gasteiger partial charge in [-0.2, -0.15) is 0 Å². The van der Waals surface area contributed by atoms with Crippen molar-refractivity contribution >= 4 is 23.2 Å². The number of carbonyl (C=O) groups excluding carboxylic acids is 1. The number of fused-ring (bicyclic) bond motifs is 1. The van der Waals surface area contributed by atoms with Crippen molar-refractivity contribution in [1.29, 1.82) is 0 Å². The molecular weight excluding hydrogens is 262 g/mol. The highest BCUT2D eigenvalue weighted by Crippen LogP contribution is 2.24. The van der Waals surface area contributed by atoms with E-state index in [-0.39, 0.29) is 11.8 Å². The molecule has 0 radical (unpaired) electrons. The van der Waals surface area contributed by atoms with Gasteiger partial charge in [0.2, 0.25) is 5.91 Å². The van der Waals surface area contributed by atoms with Crippen LogP contribution in [0.25, 0.3) is 0 Å². The fourth-order valence-corrected chi connectivity index (χ4v) is 2.56. The van der Waals surface area contributed by atoms with Crippen LogP contribution in [0.2, 0.25) is 5.02 Å². The lowest BCUT2D eigenvalue weighted by atomic mass is 9.97. The molecule has 0 saturated heterocycles. The quantitative estimate of drug-likeness (QED) is 0.916. The number of anilines is 1. The molecule has 1 amide bonds. The van der Waals surface area contributed by atoms with E-state index in [0.717, 1.165) is 18.8 Å². The Bertz CT molecular complexity index is 608. The molecular formula is C14H14ClN3O. The summed E-state index contributed by atoms with van der Waals surface area (Å²) in [7, 11) is 0. The Morgan fingerprint density at radius 2 is 2.26 bits per heavy atom. The van der Waals surface area contributed by atoms with E-state index in [9.17, 15) is 4.79 Å². The van der Waals surface area contributed by atoms with Crippen LogP contribution in [0.15, 0.2) is 36.7 Å². The fraction of sp³-hybridized carbons (Fsp3) is 0.286. The van der Waals surface area contributed by atoms with E-state index >= 15 is 0 Å². The lowest BCUT2D eigenvalue weighted by molar-refractivity contribution is -0.120. The molecule has 5 heteroatoms. The molecule has 0 saturated carbocycles. The molecule has 1 aliphatic rings. The zero-order chi connectivity index (χ0) is 13.2. The van der Waals surface area contributed by atoms with Gasteiger partial charge in [-0.15, -0.1) is 0 Å². The topological polar surface area (TPSA) is 46.9 Å². The van der Waals surface area contributed by atoms with Gasteiger partial charge < -0.3 is 9.88 Å². The number of aromatic nitrogens is 2. The largest absolute Gasteiger partial charge is 0.335 e. The average molecular weight is 276 g/mol. The van der Waals surface area contributed by atoms with Gasteiger partial charge in [0.1, 0.15) is 5.82 Å². The molecule has 3 rings (SSSR count). The second kappa shape index (κ2) is 5.05. The number of para-hydroxylation sites is 1. The first-order chi connectivity index (χ1) is 9.24. The summed E-state index contributed by atoms with van der Waals surface area (Å²) in [6, 6.07) is 7.28. The van der Waals surface area contributed by atoms with Crippen LogP contribution in [-0.2, 0) is 17.8 Å². The van der Waals surface area contributed by atoms with Crippen LogP contribution >= 0.6 is 11.6 Å². The first-order valence-electron chi connectivity index (χ1n) is 6.29. The second-order valence-electron chi connectivity index (χ2n) is 4.70. The second-order valence-corrected chi connectivity index (χ2v) is 5.10. The van der Waals surface area contributed by atoms with Gasteiger partial charge in [-0.05, 0) is 18.6 Å². The van der Waals surface area contributed by atoms with E-state index in [1.807, 2.05) is 24.4 Å². The lowest BCUT2D eigenvalue weighted by Crippen LogP contribution is -2.30. The van der Waals surface area contributed by atoms with Crippen LogP contribution in [-0.4, -0.2) is 15.5 Å². The smallest absolute Gasteiger partial charge is 0.228 e. The van der Waals surface area contributed by atoms with Crippen LogP contribution in [0.4, 0.5) is 5.69 Å². The zero-order valence-corrected chi connectivity index (χ0v) is 11.1. The Kier molecular flexibility index (Phi) is 3.25. The Hall–Kier alpha value is -1.81. The van der Waals surface area contributed by atoms with E-state index in [0.29, 0.717) is 17.1 Å². The maximum Gasteiger partial charge on any atom is 0.228 e. The van der Waals surface area contributed by atoms with E-state index in [1.54, 1.807) is 12.3 Å². The average Bonchev–Trinajstić information content (AvgIpc) is 2.88. The van der Waals surface area contributed by atoms with Crippen LogP contribution in [0.3, 0.4) is 0 Å². The minimum atomic E-state index is -0.0360. The van der Waals surface area contributed by atoms with E-state index in [2.05, 4.69) is 14.9 Å². The standard InChI is InChI=1S/C14H14ClN3O/c15-11-3-1-2-4-12(11)17-14(19)10-5-7-18-8-6-16-13(18)9-10/h1-4,6,8,10H,5,7,9H2,(H,17,19). The van der Waals surface area contributed by atoms with Crippen molar-refractivity contribution in [1.82, 2.24) is 9.55 Å². The van der Waals surface area contributed by atoms with Gasteiger partial charge in [-0.3, -0.25) is 4.79 Å². The summed E-state index contributed by atoms with van der Waals surface area (Å²) in [4.78, 5) is 16.5. The van der Waals surface area contributed by atoms with Crippen LogP contribution in [0.5, 0.6) is 0 Å². The molecule has 0 fully saturated rings. The summed E-state index contributed by atoms with van der Waals surface area (Å²) in [6.45, 7) is 0.843. The molecule has 0 aliphatic carbocycles. The maximum atomic E-state index is 12.2. The number of rotatable bonds is 2. The molecule has 1 N–H and O–H groups in total. The van der Waals surface area contributed by atoms with Crippen molar-refractivity contribution in [2.45, 2.75) is 19.4 Å². The van der Waals surface area contributed by atoms with Crippen molar-refractivity contribution in [2.75, 3.05) is 5.32 Å². The van der Waals surface area contributed by atoms with Crippen molar-refractivity contribution in [3.63, 3.8) is 0 Å². The summed E-state index contributed by atoms with van der Waals surface area (Å²) in [5, 5.41) is 3.46. The van der Waals surface area contributed by atoms with Gasteiger partial charge in [0.05, 0.1) is 10.7 Å². The fourth-order valence-electron chi connectivity index (χ4n) is 2.37. The van der Waals surface area contributed by atoms with Crippen molar-refractivity contribution < 1.29 is 4.79 Å². The Morgan fingerprint density at radius 1 is 1.42 bits per heavy atom.